The summed E-state index contributed by atoms with van der Waals surface area (Å²) in [5, 5.41) is 3.53. The van der Waals surface area contributed by atoms with Crippen molar-refractivity contribution in [1.29, 1.82) is 0 Å². The summed E-state index contributed by atoms with van der Waals surface area (Å²) in [5.41, 5.74) is 0. The van der Waals surface area contributed by atoms with E-state index in [1.807, 2.05) is 0 Å². The van der Waals surface area contributed by atoms with E-state index in [4.69, 9.17) is 21.1 Å². The Morgan fingerprint density at radius 1 is 1.35 bits per heavy atom. The molecule has 8 heteroatoms. The maximum Gasteiger partial charge on any atom is 0.246 e. The average molecular weight is 361 g/mol. The maximum atomic E-state index is 12.9. The number of nitrogens with zero attached hydrogens (tertiary/aromatic N) is 1. The molecule has 0 aliphatic carbocycles. The summed E-state index contributed by atoms with van der Waals surface area (Å²) in [4.78, 5) is 0.144. The molecule has 2 aliphatic rings. The zero-order chi connectivity index (χ0) is 16.3. The van der Waals surface area contributed by atoms with Crippen LogP contribution in [-0.4, -0.2) is 58.7 Å². The molecule has 6 nitrogen and oxygen atoms in total. The summed E-state index contributed by atoms with van der Waals surface area (Å²) in [6.07, 6.45) is 0.938. The quantitative estimate of drug-likeness (QED) is 0.858. The molecular weight excluding hydrogens is 340 g/mol. The molecule has 0 saturated carbocycles. The van der Waals surface area contributed by atoms with E-state index >= 15 is 0 Å². The Kier molecular flexibility index (Phi) is 5.43. The Bertz CT molecular complexity index is 641. The van der Waals surface area contributed by atoms with E-state index in [-0.39, 0.29) is 4.90 Å². The van der Waals surface area contributed by atoms with Crippen molar-refractivity contribution < 1.29 is 17.9 Å². The topological polar surface area (TPSA) is 67.9 Å². The van der Waals surface area contributed by atoms with E-state index < -0.39 is 10.0 Å². The standard InChI is InChI=1S/C15H21ClN2O4S/c16-13-1-2-14(22-11-12-3-8-21-10-12)15(9-13)23(19,20)18-6-4-17-5-7-18/h1-2,9,12,17H,3-8,10-11H2. The van der Waals surface area contributed by atoms with E-state index in [0.29, 0.717) is 56.1 Å². The number of ether oxygens (including phenoxy) is 2. The summed E-state index contributed by atoms with van der Waals surface area (Å²) in [6.45, 7) is 4.04. The van der Waals surface area contributed by atoms with Crippen molar-refractivity contribution in [2.75, 3.05) is 46.0 Å². The minimum absolute atomic E-state index is 0.144. The van der Waals surface area contributed by atoms with E-state index in [2.05, 4.69) is 5.32 Å². The van der Waals surface area contributed by atoms with Gasteiger partial charge in [-0.2, -0.15) is 4.31 Å². The molecule has 0 amide bonds. The number of hydrogen-bond acceptors (Lipinski definition) is 5. The van der Waals surface area contributed by atoms with E-state index in [1.165, 1.54) is 10.4 Å². The second kappa shape index (κ2) is 7.36. The highest BCUT2D eigenvalue weighted by Crippen LogP contribution is 2.30. The molecule has 1 N–H and O–H groups in total. The molecule has 0 bridgehead atoms. The minimum Gasteiger partial charge on any atom is -0.492 e. The molecule has 1 unspecified atom stereocenters. The molecule has 1 atom stereocenters. The molecule has 128 valence electrons. The lowest BCUT2D eigenvalue weighted by atomic mass is 10.1. The van der Waals surface area contributed by atoms with Crippen molar-refractivity contribution in [1.82, 2.24) is 9.62 Å². The highest BCUT2D eigenvalue weighted by Gasteiger charge is 2.29. The van der Waals surface area contributed by atoms with Crippen LogP contribution in [0.3, 0.4) is 0 Å². The summed E-state index contributed by atoms with van der Waals surface area (Å²) in [6, 6.07) is 4.76. The summed E-state index contributed by atoms with van der Waals surface area (Å²) < 4.78 is 38.4. The van der Waals surface area contributed by atoms with E-state index in [0.717, 1.165) is 13.0 Å². The van der Waals surface area contributed by atoms with Crippen molar-refractivity contribution in [3.05, 3.63) is 23.2 Å². The summed E-state index contributed by atoms with van der Waals surface area (Å²) >= 11 is 6.02. The maximum absolute atomic E-state index is 12.9. The molecule has 1 aromatic rings. The van der Waals surface area contributed by atoms with Gasteiger partial charge >= 0.3 is 0 Å². The minimum atomic E-state index is -3.61. The molecule has 23 heavy (non-hydrogen) atoms. The lowest BCUT2D eigenvalue weighted by molar-refractivity contribution is 0.166. The van der Waals surface area contributed by atoms with Crippen LogP contribution in [0.4, 0.5) is 0 Å². The fraction of sp³-hybridized carbons (Fsp3) is 0.600. The average Bonchev–Trinajstić information content (AvgIpc) is 3.08. The monoisotopic (exact) mass is 360 g/mol. The van der Waals surface area contributed by atoms with Gasteiger partial charge in [0.2, 0.25) is 10.0 Å². The first-order valence-electron chi connectivity index (χ1n) is 7.78. The first kappa shape index (κ1) is 17.0. The van der Waals surface area contributed by atoms with Crippen molar-refractivity contribution in [3.63, 3.8) is 0 Å². The van der Waals surface area contributed by atoms with Gasteiger partial charge in [0.1, 0.15) is 10.6 Å². The van der Waals surface area contributed by atoms with Gasteiger partial charge in [0.15, 0.2) is 0 Å². The Morgan fingerprint density at radius 3 is 2.83 bits per heavy atom. The smallest absolute Gasteiger partial charge is 0.246 e. The Balaban J connectivity index is 1.82. The number of halogens is 1. The Hall–Kier alpha value is -0.860. The van der Waals surface area contributed by atoms with Crippen molar-refractivity contribution in [2.24, 2.45) is 5.92 Å². The summed E-state index contributed by atoms with van der Waals surface area (Å²) in [7, 11) is -3.61. The predicted molar refractivity (Wildman–Crippen MR) is 87.5 cm³/mol. The van der Waals surface area contributed by atoms with Gasteiger partial charge in [0.05, 0.1) is 13.2 Å². The molecule has 0 radical (unpaired) electrons. The van der Waals surface area contributed by atoms with Crippen LogP contribution in [-0.2, 0) is 14.8 Å². The second-order valence-corrected chi connectivity index (χ2v) is 8.13. The van der Waals surface area contributed by atoms with Gasteiger partial charge in [-0.3, -0.25) is 0 Å². The van der Waals surface area contributed by atoms with Crippen molar-refractivity contribution >= 4 is 21.6 Å². The zero-order valence-electron chi connectivity index (χ0n) is 12.8. The first-order valence-corrected chi connectivity index (χ1v) is 9.60. The first-order chi connectivity index (χ1) is 11.1. The van der Waals surface area contributed by atoms with Crippen LogP contribution < -0.4 is 10.1 Å². The molecule has 2 fully saturated rings. The SMILES string of the molecule is O=S(=O)(c1cc(Cl)ccc1OCC1CCOC1)N1CCNCC1. The van der Waals surface area contributed by atoms with Gasteiger partial charge < -0.3 is 14.8 Å². The van der Waals surface area contributed by atoms with Crippen LogP contribution in [0.2, 0.25) is 5.02 Å². The number of hydrogen-bond donors (Lipinski definition) is 1. The third-order valence-electron chi connectivity index (χ3n) is 4.10. The van der Waals surface area contributed by atoms with Gasteiger partial charge in [-0.25, -0.2) is 8.42 Å². The van der Waals surface area contributed by atoms with Crippen LogP contribution in [0.1, 0.15) is 6.42 Å². The fourth-order valence-electron chi connectivity index (χ4n) is 2.75. The third kappa shape index (κ3) is 3.97. The van der Waals surface area contributed by atoms with Crippen LogP contribution in [0.25, 0.3) is 0 Å². The van der Waals surface area contributed by atoms with Crippen LogP contribution in [0, 0.1) is 5.92 Å². The molecule has 2 aliphatic heterocycles. The predicted octanol–water partition coefficient (Wildman–Crippen LogP) is 1.35. The Morgan fingerprint density at radius 2 is 2.13 bits per heavy atom. The summed E-state index contributed by atoms with van der Waals surface area (Å²) in [5.74, 6) is 0.667. The molecule has 2 heterocycles. The molecular formula is C15H21ClN2O4S. The highest BCUT2D eigenvalue weighted by molar-refractivity contribution is 7.89. The van der Waals surface area contributed by atoms with Gasteiger partial charge in [-0.05, 0) is 24.6 Å². The number of sulfonamides is 1. The number of nitrogens with one attached hydrogen (secondary N) is 1. The highest BCUT2D eigenvalue weighted by atomic mass is 35.5. The lowest BCUT2D eigenvalue weighted by Gasteiger charge is -2.27. The van der Waals surface area contributed by atoms with Gasteiger partial charge in [0, 0.05) is 43.7 Å². The van der Waals surface area contributed by atoms with Crippen molar-refractivity contribution in [2.45, 2.75) is 11.3 Å². The molecule has 1 aromatic carbocycles. The van der Waals surface area contributed by atoms with Gasteiger partial charge in [-0.1, -0.05) is 11.6 Å². The van der Waals surface area contributed by atoms with E-state index in [1.54, 1.807) is 12.1 Å². The van der Waals surface area contributed by atoms with Crippen LogP contribution >= 0.6 is 11.6 Å². The molecule has 0 spiro atoms. The largest absolute Gasteiger partial charge is 0.492 e. The van der Waals surface area contributed by atoms with Gasteiger partial charge in [0.25, 0.3) is 0 Å². The normalized spacial score (nSPS) is 23.1. The third-order valence-corrected chi connectivity index (χ3v) is 6.25. The van der Waals surface area contributed by atoms with Gasteiger partial charge in [-0.15, -0.1) is 0 Å². The number of benzene rings is 1. The molecule has 3 rings (SSSR count). The Labute approximate surface area is 141 Å². The lowest BCUT2D eigenvalue weighted by Crippen LogP contribution is -2.46. The molecule has 0 aromatic heterocycles. The number of rotatable bonds is 5. The van der Waals surface area contributed by atoms with Crippen molar-refractivity contribution in [3.8, 4) is 5.75 Å². The van der Waals surface area contributed by atoms with Crippen LogP contribution in [0.15, 0.2) is 23.1 Å². The number of piperazine rings is 1. The van der Waals surface area contributed by atoms with E-state index in [9.17, 15) is 8.42 Å². The van der Waals surface area contributed by atoms with Crippen LogP contribution in [0.5, 0.6) is 5.75 Å². The zero-order valence-corrected chi connectivity index (χ0v) is 14.4. The second-order valence-electron chi connectivity index (χ2n) is 5.79. The fourth-order valence-corrected chi connectivity index (χ4v) is 4.58. The molecule has 2 saturated heterocycles.